The first-order valence-corrected chi connectivity index (χ1v) is 13.0. The first-order chi connectivity index (χ1) is 16.5. The average Bonchev–Trinajstić information content (AvgIpc) is 2.87. The number of nitrogens with one attached hydrogen (secondary N) is 1. The third kappa shape index (κ3) is 7.60. The molecule has 0 aromatic carbocycles. The molecule has 1 saturated heterocycles. The lowest BCUT2D eigenvalue weighted by molar-refractivity contribution is 0.0535. The van der Waals surface area contributed by atoms with Crippen molar-refractivity contribution in [2.24, 2.45) is 0 Å². The van der Waals surface area contributed by atoms with Crippen LogP contribution in [0.5, 0.6) is 0 Å². The first kappa shape index (κ1) is 27.9. The summed E-state index contributed by atoms with van der Waals surface area (Å²) < 4.78 is 1.97. The van der Waals surface area contributed by atoms with E-state index in [0.29, 0.717) is 16.9 Å². The molecule has 0 unspecified atom stereocenters. The topological polar surface area (TPSA) is 89.3 Å². The largest absolute Gasteiger partial charge is 0.328 e. The molecule has 1 amide bonds. The molecule has 0 radical (unpaired) electrons. The van der Waals surface area contributed by atoms with E-state index in [2.05, 4.69) is 32.1 Å². The van der Waals surface area contributed by atoms with Gasteiger partial charge in [-0.3, -0.25) is 14.4 Å². The van der Waals surface area contributed by atoms with Crippen LogP contribution in [0.3, 0.4) is 0 Å². The summed E-state index contributed by atoms with van der Waals surface area (Å²) in [4.78, 5) is 40.5. The summed E-state index contributed by atoms with van der Waals surface area (Å²) in [6.45, 7) is 12.1. The van der Waals surface area contributed by atoms with Crippen LogP contribution in [0.2, 0.25) is 0 Å². The van der Waals surface area contributed by atoms with Crippen molar-refractivity contribution in [3.8, 4) is 0 Å². The number of nitrogens with zero attached hydrogens (tertiary/aromatic N) is 4. The fourth-order valence-electron chi connectivity index (χ4n) is 4.67. The maximum Gasteiger partial charge on any atom is 0.280 e. The molecule has 2 aliphatic rings. The van der Waals surface area contributed by atoms with Crippen molar-refractivity contribution < 1.29 is 11.1 Å². The zero-order valence-corrected chi connectivity index (χ0v) is 21.7. The molecule has 2 fully saturated rings. The second-order valence-corrected chi connectivity index (χ2v) is 8.76. The molecule has 1 N–H and O–H groups in total. The van der Waals surface area contributed by atoms with Gasteiger partial charge in [-0.15, -0.1) is 0 Å². The highest BCUT2D eigenvalue weighted by atomic mass is 16.6. The van der Waals surface area contributed by atoms with E-state index in [-0.39, 0.29) is 18.5 Å². The van der Waals surface area contributed by atoms with Crippen LogP contribution < -0.4 is 10.9 Å². The first-order valence-electron chi connectivity index (χ1n) is 13.0. The van der Waals surface area contributed by atoms with E-state index >= 15 is 0 Å². The van der Waals surface area contributed by atoms with E-state index in [1.165, 1.54) is 65.0 Å². The number of fused-ring (bicyclic) bond motifs is 1. The zero-order valence-electron chi connectivity index (χ0n) is 21.7. The monoisotopic (exact) mass is 475 g/mol. The molecule has 1 aliphatic heterocycles. The van der Waals surface area contributed by atoms with Crippen molar-refractivity contribution in [1.29, 1.82) is 0 Å². The number of likely N-dealkylation sites (tertiary alicyclic amines) is 1. The lowest BCUT2D eigenvalue weighted by atomic mass is 9.95. The highest BCUT2D eigenvalue weighted by Crippen LogP contribution is 2.30. The predicted octanol–water partition coefficient (Wildman–Crippen LogP) is 5.05. The summed E-state index contributed by atoms with van der Waals surface area (Å²) in [5.41, 5.74) is 2.50. The summed E-state index contributed by atoms with van der Waals surface area (Å²) in [5, 5.41) is 0.366. The average molecular weight is 476 g/mol. The highest BCUT2D eigenvalue weighted by molar-refractivity contribution is 5.96. The molecule has 192 valence electrons. The van der Waals surface area contributed by atoms with Crippen LogP contribution in [0.4, 0.5) is 0 Å². The molecule has 8 heteroatoms. The lowest BCUT2D eigenvalue weighted by Gasteiger charge is -2.26. The minimum atomic E-state index is -0.551. The number of hydrogen-bond donors (Lipinski definition) is 1. The molecule has 0 bridgehead atoms. The van der Waals surface area contributed by atoms with E-state index in [1.807, 2.05) is 18.4 Å². The third-order valence-electron chi connectivity index (χ3n) is 6.29. The number of carbonyl (C=O) groups is 1. The van der Waals surface area contributed by atoms with Crippen LogP contribution in [0.15, 0.2) is 17.2 Å². The smallest absolute Gasteiger partial charge is 0.280 e. The molecule has 0 spiro atoms. The number of pyridine rings is 1. The van der Waals surface area contributed by atoms with Gasteiger partial charge in [-0.2, -0.15) is 0 Å². The highest BCUT2D eigenvalue weighted by Gasteiger charge is 2.22. The Morgan fingerprint density at radius 3 is 2.41 bits per heavy atom. The molecule has 1 saturated carbocycles. The predicted molar refractivity (Wildman–Crippen MR) is 139 cm³/mol. The van der Waals surface area contributed by atoms with Gasteiger partial charge in [0.1, 0.15) is 17.0 Å². The molecule has 2 aromatic rings. The van der Waals surface area contributed by atoms with Crippen molar-refractivity contribution in [3.05, 3.63) is 34.0 Å². The van der Waals surface area contributed by atoms with Gasteiger partial charge in [0.25, 0.3) is 5.91 Å². The summed E-state index contributed by atoms with van der Waals surface area (Å²) in [6, 6.07) is 0.246. The van der Waals surface area contributed by atoms with Gasteiger partial charge in [0.05, 0.1) is 12.5 Å². The minimum Gasteiger partial charge on any atom is -0.328 e. The van der Waals surface area contributed by atoms with Crippen molar-refractivity contribution in [2.75, 3.05) is 26.7 Å². The fraction of sp³-hybridized carbons (Fsp3) is 0.692. The Morgan fingerprint density at radius 2 is 1.79 bits per heavy atom. The van der Waals surface area contributed by atoms with E-state index in [9.17, 15) is 9.59 Å². The van der Waals surface area contributed by atoms with Crippen LogP contribution in [0.1, 0.15) is 102 Å². The summed E-state index contributed by atoms with van der Waals surface area (Å²) in [5.74, 6) is 0.0556. The van der Waals surface area contributed by atoms with E-state index in [1.54, 1.807) is 13.1 Å². The van der Waals surface area contributed by atoms with Gasteiger partial charge in [0.15, 0.2) is 0 Å². The molecule has 0 atom stereocenters. The van der Waals surface area contributed by atoms with E-state index in [0.717, 1.165) is 25.7 Å². The SMILES string of the molecule is CC.CCCN1CCCCC1.CONC(=O)c1cn(C2CCCCC2)c2nc(C)ncc2c1=O.[HH]. The Hall–Kier alpha value is -2.32. The van der Waals surface area contributed by atoms with Crippen LogP contribution in [0.25, 0.3) is 11.0 Å². The van der Waals surface area contributed by atoms with E-state index < -0.39 is 5.91 Å². The maximum atomic E-state index is 12.6. The number of aryl methyl sites for hydroxylation is 1. The second-order valence-electron chi connectivity index (χ2n) is 8.76. The molecular weight excluding hydrogens is 430 g/mol. The number of rotatable bonds is 5. The number of piperidine rings is 1. The summed E-state index contributed by atoms with van der Waals surface area (Å²) >= 11 is 0. The number of aromatic nitrogens is 3. The lowest BCUT2D eigenvalue weighted by Crippen LogP contribution is -2.30. The Morgan fingerprint density at radius 1 is 1.15 bits per heavy atom. The van der Waals surface area contributed by atoms with Crippen LogP contribution in [-0.2, 0) is 4.84 Å². The molecule has 34 heavy (non-hydrogen) atoms. The normalized spacial score (nSPS) is 16.7. The zero-order chi connectivity index (χ0) is 24.9. The number of hydrogen-bond acceptors (Lipinski definition) is 6. The standard InChI is InChI=1S/C16H20N4O3.C8H17N.C2H6.H2/c1-10-17-8-12-14(21)13(16(22)19-23-2)9-20(15(12)18-10)11-6-4-3-5-7-11;1-2-6-9-7-4-3-5-8-9;1-2;/h8-9,11H,3-7H2,1-2H3,(H,19,22);2-8H2,1H3;1-2H3;1H. The van der Waals surface area contributed by atoms with Gasteiger partial charge in [-0.1, -0.05) is 46.5 Å². The van der Waals surface area contributed by atoms with Gasteiger partial charge in [0, 0.05) is 19.9 Å². The van der Waals surface area contributed by atoms with Crippen molar-refractivity contribution in [3.63, 3.8) is 0 Å². The molecule has 2 aromatic heterocycles. The van der Waals surface area contributed by atoms with Gasteiger partial charge >= 0.3 is 0 Å². The maximum absolute atomic E-state index is 12.6. The fourth-order valence-corrected chi connectivity index (χ4v) is 4.67. The van der Waals surface area contributed by atoms with Crippen LogP contribution in [0, 0.1) is 6.92 Å². The Balaban J connectivity index is 0.000000430. The van der Waals surface area contributed by atoms with E-state index in [4.69, 9.17) is 0 Å². The number of carbonyl (C=O) groups excluding carboxylic acids is 1. The van der Waals surface area contributed by atoms with Gasteiger partial charge in [-0.05, 0) is 58.7 Å². The Labute approximate surface area is 205 Å². The molecule has 1 aliphatic carbocycles. The van der Waals surface area contributed by atoms with Gasteiger partial charge < -0.3 is 9.47 Å². The van der Waals surface area contributed by atoms with Gasteiger partial charge in [0.2, 0.25) is 5.43 Å². The number of hydroxylamine groups is 1. The summed E-state index contributed by atoms with van der Waals surface area (Å²) in [7, 11) is 1.34. The molecule has 8 nitrogen and oxygen atoms in total. The summed E-state index contributed by atoms with van der Waals surface area (Å²) in [6.07, 6.45) is 14.3. The second kappa shape index (κ2) is 14.8. The van der Waals surface area contributed by atoms with Crippen molar-refractivity contribution in [1.82, 2.24) is 24.9 Å². The van der Waals surface area contributed by atoms with Crippen molar-refractivity contribution >= 4 is 16.9 Å². The molecule has 4 rings (SSSR count). The van der Waals surface area contributed by atoms with Crippen molar-refractivity contribution in [2.45, 2.75) is 91.5 Å². The van der Waals surface area contributed by atoms with Crippen LogP contribution in [-0.4, -0.2) is 52.1 Å². The quantitative estimate of drug-likeness (QED) is 0.609. The van der Waals surface area contributed by atoms with Gasteiger partial charge in [-0.25, -0.2) is 15.4 Å². The Kier molecular flexibility index (Phi) is 12.2. The minimum absolute atomic E-state index is 0. The molecular formula is C26H45N5O3. The van der Waals surface area contributed by atoms with Crippen LogP contribution >= 0.6 is 0 Å². The molecule has 3 heterocycles. The Bertz CT molecular complexity index is 951. The number of amides is 1. The third-order valence-corrected chi connectivity index (χ3v) is 6.29.